The zero-order chi connectivity index (χ0) is 18.2. The number of hydrogen-bond acceptors (Lipinski definition) is 1. The molecule has 0 heterocycles. The highest BCUT2D eigenvalue weighted by Crippen LogP contribution is 2.16. The first kappa shape index (κ1) is 22.2. The number of alkyl halides is 1. The smallest absolute Gasteiger partial charge is 0.137 e. The Bertz CT molecular complexity index is 429. The van der Waals surface area contributed by atoms with Gasteiger partial charge in [-0.1, -0.05) is 101 Å². The minimum atomic E-state index is -0.0211. The van der Waals surface area contributed by atoms with E-state index in [0.29, 0.717) is 18.1 Å². The standard InChI is InChI=1S/C23H37ClO/c1-2-3-4-5-6-7-8-9-10-11-15-18-23(25)22(20-24)19-21-16-13-12-14-17-21/h12-14,16-17,22H,2-11,15,18-20H2,1H3. The average molecular weight is 365 g/mol. The number of Topliss-reactive ketones (excluding diaryl/α,β-unsaturated/α-hetero) is 1. The first-order chi connectivity index (χ1) is 12.3. The van der Waals surface area contributed by atoms with Crippen molar-refractivity contribution in [3.05, 3.63) is 35.9 Å². The van der Waals surface area contributed by atoms with Gasteiger partial charge in [0.25, 0.3) is 0 Å². The molecule has 0 aliphatic rings. The molecule has 142 valence electrons. The van der Waals surface area contributed by atoms with Gasteiger partial charge in [-0.15, -0.1) is 11.6 Å². The molecule has 0 saturated carbocycles. The number of benzene rings is 1. The number of halogens is 1. The van der Waals surface area contributed by atoms with Crippen molar-refractivity contribution in [2.75, 3.05) is 5.88 Å². The highest BCUT2D eigenvalue weighted by molar-refractivity contribution is 6.19. The monoisotopic (exact) mass is 364 g/mol. The lowest BCUT2D eigenvalue weighted by atomic mass is 9.93. The Hall–Kier alpha value is -0.820. The molecule has 0 saturated heterocycles. The van der Waals surface area contributed by atoms with Crippen LogP contribution in [-0.4, -0.2) is 11.7 Å². The van der Waals surface area contributed by atoms with Gasteiger partial charge in [-0.05, 0) is 18.4 Å². The molecular formula is C23H37ClO. The second-order valence-electron chi connectivity index (χ2n) is 7.29. The quantitative estimate of drug-likeness (QED) is 0.221. The molecule has 1 aromatic carbocycles. The number of ketones is 1. The summed E-state index contributed by atoms with van der Waals surface area (Å²) in [5, 5.41) is 0. The molecule has 0 bridgehead atoms. The summed E-state index contributed by atoms with van der Waals surface area (Å²) in [6.45, 7) is 2.27. The van der Waals surface area contributed by atoms with E-state index in [2.05, 4.69) is 19.1 Å². The van der Waals surface area contributed by atoms with E-state index in [1.165, 1.54) is 69.8 Å². The molecule has 1 aromatic rings. The van der Waals surface area contributed by atoms with E-state index in [9.17, 15) is 4.79 Å². The molecule has 0 amide bonds. The maximum absolute atomic E-state index is 12.4. The predicted octanol–water partition coefficient (Wildman–Crippen LogP) is 7.35. The molecule has 1 rings (SSSR count). The molecule has 2 heteroatoms. The summed E-state index contributed by atoms with van der Waals surface area (Å²) in [6, 6.07) is 10.2. The summed E-state index contributed by atoms with van der Waals surface area (Å²) in [5.74, 6) is 0.758. The van der Waals surface area contributed by atoms with Crippen LogP contribution in [0.25, 0.3) is 0 Å². The summed E-state index contributed by atoms with van der Waals surface area (Å²) >= 11 is 6.03. The van der Waals surface area contributed by atoms with Gasteiger partial charge in [0, 0.05) is 18.2 Å². The Morgan fingerprint density at radius 3 is 1.88 bits per heavy atom. The third-order valence-corrected chi connectivity index (χ3v) is 5.37. The van der Waals surface area contributed by atoms with Crippen LogP contribution >= 0.6 is 11.6 Å². The van der Waals surface area contributed by atoms with Gasteiger partial charge in [-0.3, -0.25) is 4.79 Å². The molecule has 0 spiro atoms. The number of rotatable bonds is 16. The molecule has 1 unspecified atom stereocenters. The first-order valence-corrected chi connectivity index (χ1v) is 10.9. The fourth-order valence-electron chi connectivity index (χ4n) is 3.32. The molecule has 0 aliphatic carbocycles. The van der Waals surface area contributed by atoms with E-state index in [-0.39, 0.29) is 5.92 Å². The Morgan fingerprint density at radius 2 is 1.36 bits per heavy atom. The van der Waals surface area contributed by atoms with Crippen molar-refractivity contribution in [3.8, 4) is 0 Å². The topological polar surface area (TPSA) is 17.1 Å². The van der Waals surface area contributed by atoms with Crippen LogP contribution in [0, 0.1) is 5.92 Å². The summed E-state index contributed by atoms with van der Waals surface area (Å²) in [4.78, 5) is 12.4. The second kappa shape index (κ2) is 15.4. The van der Waals surface area contributed by atoms with E-state index in [4.69, 9.17) is 11.6 Å². The summed E-state index contributed by atoms with van der Waals surface area (Å²) < 4.78 is 0. The van der Waals surface area contributed by atoms with Gasteiger partial charge >= 0.3 is 0 Å². The number of unbranched alkanes of at least 4 members (excludes halogenated alkanes) is 10. The van der Waals surface area contributed by atoms with Crippen LogP contribution in [0.2, 0.25) is 0 Å². The van der Waals surface area contributed by atoms with Gasteiger partial charge in [0.05, 0.1) is 0 Å². The SMILES string of the molecule is CCCCCCCCCCCCCC(=O)C(CCl)Cc1ccccc1. The van der Waals surface area contributed by atoms with Crippen LogP contribution in [0.4, 0.5) is 0 Å². The lowest BCUT2D eigenvalue weighted by Crippen LogP contribution is -2.18. The van der Waals surface area contributed by atoms with Gasteiger partial charge in [0.2, 0.25) is 0 Å². The zero-order valence-corrected chi connectivity index (χ0v) is 16.9. The molecular weight excluding hydrogens is 328 g/mol. The highest BCUT2D eigenvalue weighted by Gasteiger charge is 2.17. The number of carbonyl (C=O) groups excluding carboxylic acids is 1. The largest absolute Gasteiger partial charge is 0.299 e. The van der Waals surface area contributed by atoms with Gasteiger partial charge in [-0.2, -0.15) is 0 Å². The van der Waals surface area contributed by atoms with Crippen LogP contribution in [0.5, 0.6) is 0 Å². The van der Waals surface area contributed by atoms with E-state index < -0.39 is 0 Å². The van der Waals surface area contributed by atoms with Crippen molar-refractivity contribution in [1.82, 2.24) is 0 Å². The molecule has 25 heavy (non-hydrogen) atoms. The summed E-state index contributed by atoms with van der Waals surface area (Å²) in [7, 11) is 0. The highest BCUT2D eigenvalue weighted by atomic mass is 35.5. The van der Waals surface area contributed by atoms with Gasteiger partial charge in [-0.25, -0.2) is 0 Å². The molecule has 1 atom stereocenters. The van der Waals surface area contributed by atoms with E-state index in [1.807, 2.05) is 18.2 Å². The average Bonchev–Trinajstić information content (AvgIpc) is 2.64. The fourth-order valence-corrected chi connectivity index (χ4v) is 3.60. The van der Waals surface area contributed by atoms with Crippen molar-refractivity contribution < 1.29 is 4.79 Å². The molecule has 1 nitrogen and oxygen atoms in total. The van der Waals surface area contributed by atoms with Crippen molar-refractivity contribution in [2.45, 2.75) is 90.4 Å². The van der Waals surface area contributed by atoms with Gasteiger partial charge < -0.3 is 0 Å². The predicted molar refractivity (Wildman–Crippen MR) is 110 cm³/mol. The Balaban J connectivity index is 2.02. The maximum atomic E-state index is 12.4. The molecule has 0 fully saturated rings. The lowest BCUT2D eigenvalue weighted by molar-refractivity contribution is -0.122. The summed E-state index contributed by atoms with van der Waals surface area (Å²) in [5.41, 5.74) is 1.21. The number of carbonyl (C=O) groups is 1. The maximum Gasteiger partial charge on any atom is 0.137 e. The number of hydrogen-bond donors (Lipinski definition) is 0. The van der Waals surface area contributed by atoms with Crippen molar-refractivity contribution >= 4 is 17.4 Å². The minimum absolute atomic E-state index is 0.0211. The normalized spacial score (nSPS) is 12.2. The van der Waals surface area contributed by atoms with Crippen molar-refractivity contribution in [1.29, 1.82) is 0 Å². The second-order valence-corrected chi connectivity index (χ2v) is 7.60. The molecule has 0 aliphatic heterocycles. The van der Waals surface area contributed by atoms with Crippen molar-refractivity contribution in [3.63, 3.8) is 0 Å². The van der Waals surface area contributed by atoms with E-state index >= 15 is 0 Å². The zero-order valence-electron chi connectivity index (χ0n) is 16.1. The van der Waals surface area contributed by atoms with E-state index in [1.54, 1.807) is 0 Å². The molecule has 0 aromatic heterocycles. The van der Waals surface area contributed by atoms with Crippen LogP contribution in [0.1, 0.15) is 89.5 Å². The van der Waals surface area contributed by atoms with Crippen LogP contribution in [0.3, 0.4) is 0 Å². The Labute approximate surface area is 160 Å². The third kappa shape index (κ3) is 11.4. The molecule has 0 radical (unpaired) electrons. The summed E-state index contributed by atoms with van der Waals surface area (Å²) in [6.07, 6.45) is 15.9. The minimum Gasteiger partial charge on any atom is -0.299 e. The fraction of sp³-hybridized carbons (Fsp3) is 0.696. The van der Waals surface area contributed by atoms with Gasteiger partial charge in [0.1, 0.15) is 5.78 Å². The van der Waals surface area contributed by atoms with Crippen LogP contribution in [-0.2, 0) is 11.2 Å². The Kier molecular flexibility index (Phi) is 13.7. The van der Waals surface area contributed by atoms with Crippen LogP contribution < -0.4 is 0 Å². The van der Waals surface area contributed by atoms with E-state index in [0.717, 1.165) is 12.8 Å². The lowest BCUT2D eigenvalue weighted by Gasteiger charge is -2.13. The first-order valence-electron chi connectivity index (χ1n) is 10.4. The van der Waals surface area contributed by atoms with Crippen LogP contribution in [0.15, 0.2) is 30.3 Å². The van der Waals surface area contributed by atoms with Gasteiger partial charge in [0.15, 0.2) is 0 Å². The Morgan fingerprint density at radius 1 is 0.840 bits per heavy atom. The van der Waals surface area contributed by atoms with Crippen molar-refractivity contribution in [2.24, 2.45) is 5.92 Å². The third-order valence-electron chi connectivity index (χ3n) is 4.99. The molecule has 0 N–H and O–H groups in total.